The molecule has 1 saturated carbocycles. The van der Waals surface area contributed by atoms with Crippen LogP contribution in [-0.4, -0.2) is 20.1 Å². The summed E-state index contributed by atoms with van der Waals surface area (Å²) in [5, 5.41) is 7.34. The van der Waals surface area contributed by atoms with Crippen LogP contribution in [0.3, 0.4) is 0 Å². The van der Waals surface area contributed by atoms with E-state index in [2.05, 4.69) is 10.4 Å². The first kappa shape index (κ1) is 18.5. The minimum absolute atomic E-state index is 0.0556. The van der Waals surface area contributed by atoms with Gasteiger partial charge in [0.1, 0.15) is 0 Å². The second-order valence-electron chi connectivity index (χ2n) is 7.66. The summed E-state index contributed by atoms with van der Waals surface area (Å²) < 4.78 is 2.97. The second-order valence-corrected chi connectivity index (χ2v) is 7.66. The Morgan fingerprint density at radius 3 is 2.82 bits per heavy atom. The van der Waals surface area contributed by atoms with Crippen molar-refractivity contribution in [1.29, 1.82) is 0 Å². The number of rotatable bonds is 7. The molecule has 0 radical (unpaired) electrons. The number of anilines is 1. The van der Waals surface area contributed by atoms with Gasteiger partial charge in [0.25, 0.3) is 0 Å². The summed E-state index contributed by atoms with van der Waals surface area (Å²) in [6, 6.07) is 13.1. The molecule has 2 heterocycles. The van der Waals surface area contributed by atoms with Crippen LogP contribution in [0.1, 0.15) is 50.5 Å². The molecule has 1 amide bonds. The molecule has 146 valence electrons. The number of hydrogen-bond acceptors (Lipinski definition) is 3. The summed E-state index contributed by atoms with van der Waals surface area (Å²) in [7, 11) is 0. The number of carbonyl (C=O) groups is 1. The van der Waals surface area contributed by atoms with Gasteiger partial charge in [0, 0.05) is 18.3 Å². The molecule has 0 bridgehead atoms. The molecular formula is C22H26N4O2. The minimum Gasteiger partial charge on any atom is -0.326 e. The van der Waals surface area contributed by atoms with Crippen molar-refractivity contribution in [2.75, 3.05) is 5.32 Å². The molecule has 0 saturated heterocycles. The van der Waals surface area contributed by atoms with E-state index in [4.69, 9.17) is 0 Å². The van der Waals surface area contributed by atoms with Gasteiger partial charge in [-0.1, -0.05) is 43.9 Å². The van der Waals surface area contributed by atoms with Crippen LogP contribution in [0.2, 0.25) is 0 Å². The number of nitrogens with zero attached hydrogens (tertiary/aromatic N) is 3. The Balaban J connectivity index is 1.36. The van der Waals surface area contributed by atoms with Crippen molar-refractivity contribution >= 4 is 17.2 Å². The Hall–Kier alpha value is -2.89. The maximum Gasteiger partial charge on any atom is 0.350 e. The first-order valence-electron chi connectivity index (χ1n) is 10.1. The van der Waals surface area contributed by atoms with Crippen molar-refractivity contribution in [1.82, 2.24) is 14.2 Å². The second kappa shape index (κ2) is 8.42. The molecule has 4 rings (SSSR count). The molecule has 0 aliphatic heterocycles. The third kappa shape index (κ3) is 4.32. The smallest absolute Gasteiger partial charge is 0.326 e. The van der Waals surface area contributed by atoms with Gasteiger partial charge >= 0.3 is 5.69 Å². The molecule has 0 spiro atoms. The summed E-state index contributed by atoms with van der Waals surface area (Å²) in [6.07, 6.45) is 9.73. The molecular weight excluding hydrogens is 352 g/mol. The summed E-state index contributed by atoms with van der Waals surface area (Å²) in [5.74, 6) is 0.875. The van der Waals surface area contributed by atoms with E-state index in [9.17, 15) is 9.59 Å². The third-order valence-electron chi connectivity index (χ3n) is 5.52. The maximum absolute atomic E-state index is 12.4. The van der Waals surface area contributed by atoms with Crippen molar-refractivity contribution in [3.8, 4) is 0 Å². The number of fused-ring (bicyclic) bond motifs is 1. The van der Waals surface area contributed by atoms with E-state index >= 15 is 0 Å². The van der Waals surface area contributed by atoms with E-state index in [-0.39, 0.29) is 11.6 Å². The number of benzene rings is 1. The number of hydrogen-bond donors (Lipinski definition) is 1. The molecule has 28 heavy (non-hydrogen) atoms. The maximum atomic E-state index is 12.4. The van der Waals surface area contributed by atoms with Crippen molar-refractivity contribution in [2.24, 2.45) is 5.92 Å². The quantitative estimate of drug-likeness (QED) is 0.679. The lowest BCUT2D eigenvalue weighted by atomic mass is 10.0. The van der Waals surface area contributed by atoms with Crippen molar-refractivity contribution in [3.63, 3.8) is 0 Å². The van der Waals surface area contributed by atoms with Crippen LogP contribution in [0, 0.1) is 5.92 Å². The molecule has 1 N–H and O–H groups in total. The molecule has 6 heteroatoms. The van der Waals surface area contributed by atoms with Crippen LogP contribution in [0.25, 0.3) is 5.65 Å². The highest BCUT2D eigenvalue weighted by Crippen LogP contribution is 2.29. The normalized spacial score (nSPS) is 14.6. The molecule has 1 aliphatic carbocycles. The molecule has 1 aliphatic rings. The van der Waals surface area contributed by atoms with E-state index in [0.29, 0.717) is 18.6 Å². The van der Waals surface area contributed by atoms with Gasteiger partial charge < -0.3 is 5.32 Å². The fourth-order valence-corrected chi connectivity index (χ4v) is 4.07. The highest BCUT2D eigenvalue weighted by atomic mass is 16.2. The van der Waals surface area contributed by atoms with Gasteiger partial charge in [0.15, 0.2) is 5.65 Å². The highest BCUT2D eigenvalue weighted by molar-refractivity contribution is 5.90. The Morgan fingerprint density at radius 1 is 1.14 bits per heavy atom. The van der Waals surface area contributed by atoms with Gasteiger partial charge in [-0.15, -0.1) is 5.10 Å². The number of carbonyl (C=O) groups excluding carboxylic acids is 1. The Bertz CT molecular complexity index is 1010. The lowest BCUT2D eigenvalue weighted by Crippen LogP contribution is -2.21. The molecule has 3 aromatic rings. The zero-order valence-electron chi connectivity index (χ0n) is 16.0. The molecule has 1 fully saturated rings. The first-order chi connectivity index (χ1) is 13.7. The van der Waals surface area contributed by atoms with Crippen LogP contribution in [0.4, 0.5) is 5.69 Å². The average molecular weight is 378 g/mol. The van der Waals surface area contributed by atoms with Gasteiger partial charge in [-0.2, -0.15) is 0 Å². The summed E-state index contributed by atoms with van der Waals surface area (Å²) in [4.78, 5) is 24.7. The van der Waals surface area contributed by atoms with Crippen LogP contribution in [0.15, 0.2) is 53.5 Å². The van der Waals surface area contributed by atoms with E-state index in [1.54, 1.807) is 12.3 Å². The summed E-state index contributed by atoms with van der Waals surface area (Å²) >= 11 is 0. The fraction of sp³-hybridized carbons (Fsp3) is 0.409. The largest absolute Gasteiger partial charge is 0.350 e. The van der Waals surface area contributed by atoms with E-state index < -0.39 is 0 Å². The topological polar surface area (TPSA) is 68.4 Å². The van der Waals surface area contributed by atoms with Gasteiger partial charge in [-0.25, -0.2) is 9.48 Å². The van der Waals surface area contributed by atoms with Gasteiger partial charge in [0.2, 0.25) is 5.91 Å². The molecule has 0 atom stereocenters. The Morgan fingerprint density at radius 2 is 2.00 bits per heavy atom. The molecule has 0 unspecified atom stereocenters. The monoisotopic (exact) mass is 378 g/mol. The Kier molecular flexibility index (Phi) is 5.55. The van der Waals surface area contributed by atoms with Gasteiger partial charge in [-0.05, 0) is 48.6 Å². The summed E-state index contributed by atoms with van der Waals surface area (Å²) in [5.41, 5.74) is 2.14. The average Bonchev–Trinajstić information content (AvgIpc) is 3.31. The van der Waals surface area contributed by atoms with Crippen molar-refractivity contribution in [3.05, 3.63) is 64.7 Å². The zero-order chi connectivity index (χ0) is 19.3. The van der Waals surface area contributed by atoms with E-state index in [1.165, 1.54) is 34.8 Å². The van der Waals surface area contributed by atoms with Crippen LogP contribution in [-0.2, 0) is 11.3 Å². The van der Waals surface area contributed by atoms with E-state index in [0.717, 1.165) is 30.0 Å². The number of aromatic nitrogens is 3. The molecule has 2 aromatic heterocycles. The Labute approximate surface area is 164 Å². The number of amides is 1. The SMILES string of the molecule is O=C(CCCC1CCCC1)Nc1cccc(Cn2nc3ccccn3c2=O)c1. The lowest BCUT2D eigenvalue weighted by Gasteiger charge is -2.09. The standard InChI is InChI=1S/C22H26N4O2/c27-21(13-6-9-17-7-1-2-8-17)23-19-11-5-10-18(15-19)16-26-22(28)25-14-4-3-12-20(25)24-26/h3-5,10-12,14-15,17H,1-2,6-9,13,16H2,(H,23,27). The van der Waals surface area contributed by atoms with E-state index in [1.807, 2.05) is 36.4 Å². The van der Waals surface area contributed by atoms with Crippen LogP contribution >= 0.6 is 0 Å². The predicted octanol–water partition coefficient (Wildman–Crippen LogP) is 3.84. The minimum atomic E-state index is -0.169. The zero-order valence-corrected chi connectivity index (χ0v) is 16.0. The third-order valence-corrected chi connectivity index (χ3v) is 5.52. The van der Waals surface area contributed by atoms with Crippen molar-refractivity contribution < 1.29 is 4.79 Å². The lowest BCUT2D eigenvalue weighted by molar-refractivity contribution is -0.116. The highest BCUT2D eigenvalue weighted by Gasteiger charge is 2.15. The molecule has 1 aromatic carbocycles. The van der Waals surface area contributed by atoms with Gasteiger partial charge in [0.05, 0.1) is 6.54 Å². The number of nitrogens with one attached hydrogen (secondary N) is 1. The number of pyridine rings is 1. The predicted molar refractivity (Wildman–Crippen MR) is 109 cm³/mol. The first-order valence-corrected chi connectivity index (χ1v) is 10.1. The van der Waals surface area contributed by atoms with Crippen LogP contribution < -0.4 is 11.0 Å². The fourth-order valence-electron chi connectivity index (χ4n) is 4.07. The summed E-state index contributed by atoms with van der Waals surface area (Å²) in [6.45, 7) is 0.367. The molecule has 6 nitrogen and oxygen atoms in total. The van der Waals surface area contributed by atoms with Gasteiger partial charge in [-0.3, -0.25) is 9.20 Å². The van der Waals surface area contributed by atoms with Crippen molar-refractivity contribution in [2.45, 2.75) is 51.5 Å². The van der Waals surface area contributed by atoms with Crippen LogP contribution in [0.5, 0.6) is 0 Å².